The van der Waals surface area contributed by atoms with E-state index in [1.807, 2.05) is 60.7 Å². The lowest BCUT2D eigenvalue weighted by atomic mass is 10.2. The quantitative estimate of drug-likeness (QED) is 0.171. The molecule has 0 aliphatic heterocycles. The predicted octanol–water partition coefficient (Wildman–Crippen LogP) is 6.79. The Kier molecular flexibility index (Phi) is 6.85. The molecule has 0 atom stereocenters. The molecule has 5 rings (SSSR count). The van der Waals surface area contributed by atoms with Crippen LogP contribution in [0.3, 0.4) is 0 Å². The van der Waals surface area contributed by atoms with E-state index in [1.54, 1.807) is 22.5 Å². The number of benzene rings is 2. The molecule has 0 fully saturated rings. The van der Waals surface area contributed by atoms with E-state index in [2.05, 4.69) is 11.9 Å². The molecule has 5 aromatic rings. The minimum Gasteiger partial charge on any atom is -0.494 e. The molecule has 0 saturated heterocycles. The molecular formula is C26H22ClN3O2S2. The first-order chi connectivity index (χ1) is 16.6. The largest absolute Gasteiger partial charge is 0.494 e. The first kappa shape index (κ1) is 22.9. The van der Waals surface area contributed by atoms with Gasteiger partial charge >= 0.3 is 0 Å². The third-order valence-electron chi connectivity index (χ3n) is 5.34. The Morgan fingerprint density at radius 1 is 1.06 bits per heavy atom. The van der Waals surface area contributed by atoms with E-state index in [4.69, 9.17) is 21.3 Å². The van der Waals surface area contributed by atoms with E-state index in [9.17, 15) is 4.79 Å². The number of fused-ring (bicyclic) bond motifs is 3. The van der Waals surface area contributed by atoms with Gasteiger partial charge in [0.2, 0.25) is 0 Å². The summed E-state index contributed by atoms with van der Waals surface area (Å²) in [6, 6.07) is 19.5. The summed E-state index contributed by atoms with van der Waals surface area (Å²) in [5.74, 6) is 1.51. The van der Waals surface area contributed by atoms with E-state index < -0.39 is 0 Å². The van der Waals surface area contributed by atoms with Crippen molar-refractivity contribution >= 4 is 55.1 Å². The minimum absolute atomic E-state index is 0.0436. The summed E-state index contributed by atoms with van der Waals surface area (Å²) in [4.78, 5) is 23.9. The minimum atomic E-state index is -0.0436. The van der Waals surface area contributed by atoms with Crippen LogP contribution in [0, 0.1) is 0 Å². The van der Waals surface area contributed by atoms with E-state index >= 15 is 0 Å². The predicted molar refractivity (Wildman–Crippen MR) is 142 cm³/mol. The Bertz CT molecular complexity index is 1500. The SMILES string of the molecule is CCCOc1ccc(Cn2c(SCc3ccc(Cl)cc3)nc3c(sc4ncccc43)c2=O)cc1. The van der Waals surface area contributed by atoms with Crippen molar-refractivity contribution in [2.45, 2.75) is 30.8 Å². The second-order valence-electron chi connectivity index (χ2n) is 7.83. The van der Waals surface area contributed by atoms with E-state index in [0.717, 1.165) is 39.0 Å². The normalized spacial score (nSPS) is 11.4. The second-order valence-corrected chi connectivity index (χ2v) is 10.2. The maximum atomic E-state index is 13.6. The first-order valence-corrected chi connectivity index (χ1v) is 13.2. The van der Waals surface area contributed by atoms with Gasteiger partial charge < -0.3 is 4.74 Å². The van der Waals surface area contributed by atoms with Gasteiger partial charge in [-0.3, -0.25) is 9.36 Å². The summed E-state index contributed by atoms with van der Waals surface area (Å²) in [7, 11) is 0. The number of thioether (sulfide) groups is 1. The van der Waals surface area contributed by atoms with Crippen molar-refractivity contribution in [2.75, 3.05) is 6.61 Å². The molecule has 3 heterocycles. The Labute approximate surface area is 210 Å². The lowest BCUT2D eigenvalue weighted by Crippen LogP contribution is -2.23. The molecule has 0 spiro atoms. The number of rotatable bonds is 8. The number of halogens is 1. The van der Waals surface area contributed by atoms with Gasteiger partial charge in [-0.15, -0.1) is 11.3 Å². The molecule has 0 radical (unpaired) electrons. The van der Waals surface area contributed by atoms with E-state index in [-0.39, 0.29) is 5.56 Å². The average molecular weight is 508 g/mol. The topological polar surface area (TPSA) is 57.0 Å². The molecule has 0 aliphatic rings. The monoisotopic (exact) mass is 507 g/mol. The molecular weight excluding hydrogens is 486 g/mol. The van der Waals surface area contributed by atoms with Crippen molar-refractivity contribution in [3.8, 4) is 5.75 Å². The Morgan fingerprint density at radius 2 is 1.82 bits per heavy atom. The zero-order valence-corrected chi connectivity index (χ0v) is 20.9. The van der Waals surface area contributed by atoms with Crippen LogP contribution in [-0.2, 0) is 12.3 Å². The van der Waals surface area contributed by atoms with Crippen LogP contribution in [0.5, 0.6) is 5.75 Å². The Balaban J connectivity index is 1.54. The van der Waals surface area contributed by atoms with Crippen molar-refractivity contribution in [2.24, 2.45) is 0 Å². The molecule has 0 N–H and O–H groups in total. The van der Waals surface area contributed by atoms with E-state index in [0.29, 0.717) is 33.8 Å². The highest BCUT2D eigenvalue weighted by Crippen LogP contribution is 2.31. The lowest BCUT2D eigenvalue weighted by Gasteiger charge is -2.13. The third-order valence-corrected chi connectivity index (χ3v) is 7.73. The molecule has 5 nitrogen and oxygen atoms in total. The van der Waals surface area contributed by atoms with Crippen LogP contribution in [0.4, 0.5) is 0 Å². The summed E-state index contributed by atoms with van der Waals surface area (Å²) in [5.41, 5.74) is 2.80. The highest BCUT2D eigenvalue weighted by molar-refractivity contribution is 7.98. The highest BCUT2D eigenvalue weighted by atomic mass is 35.5. The summed E-state index contributed by atoms with van der Waals surface area (Å²) < 4.78 is 8.09. The maximum absolute atomic E-state index is 13.6. The molecule has 8 heteroatoms. The summed E-state index contributed by atoms with van der Waals surface area (Å²) in [6.07, 6.45) is 2.70. The number of aromatic nitrogens is 3. The van der Waals surface area contributed by atoms with Crippen molar-refractivity contribution in [3.63, 3.8) is 0 Å². The molecule has 0 aliphatic carbocycles. The fourth-order valence-electron chi connectivity index (χ4n) is 3.61. The molecule has 0 saturated carbocycles. The molecule has 0 amide bonds. The lowest BCUT2D eigenvalue weighted by molar-refractivity contribution is 0.317. The summed E-state index contributed by atoms with van der Waals surface area (Å²) in [6.45, 7) is 3.20. The smallest absolute Gasteiger partial charge is 0.272 e. The van der Waals surface area contributed by atoms with Gasteiger partial charge in [0.05, 0.1) is 18.7 Å². The van der Waals surface area contributed by atoms with Crippen molar-refractivity contribution < 1.29 is 4.74 Å². The van der Waals surface area contributed by atoms with Gasteiger partial charge in [-0.1, -0.05) is 54.6 Å². The van der Waals surface area contributed by atoms with Crippen LogP contribution in [0.2, 0.25) is 5.02 Å². The van der Waals surface area contributed by atoms with Gasteiger partial charge in [-0.2, -0.15) is 0 Å². The molecule has 3 aromatic heterocycles. The van der Waals surface area contributed by atoms with Crippen LogP contribution in [0.25, 0.3) is 20.4 Å². The second kappa shape index (κ2) is 10.2. The molecule has 172 valence electrons. The van der Waals surface area contributed by atoms with Gasteiger partial charge in [0.1, 0.15) is 15.3 Å². The zero-order chi connectivity index (χ0) is 23.5. The van der Waals surface area contributed by atoms with Crippen LogP contribution in [0.15, 0.2) is 76.8 Å². The van der Waals surface area contributed by atoms with Crippen molar-refractivity contribution in [1.82, 2.24) is 14.5 Å². The van der Waals surface area contributed by atoms with Crippen LogP contribution in [0.1, 0.15) is 24.5 Å². The number of hydrogen-bond acceptors (Lipinski definition) is 6. The van der Waals surface area contributed by atoms with Crippen molar-refractivity contribution in [1.29, 1.82) is 0 Å². The van der Waals surface area contributed by atoms with Gasteiger partial charge in [0, 0.05) is 22.4 Å². The highest BCUT2D eigenvalue weighted by Gasteiger charge is 2.17. The molecule has 34 heavy (non-hydrogen) atoms. The summed E-state index contributed by atoms with van der Waals surface area (Å²) in [5, 5.41) is 2.30. The average Bonchev–Trinajstić information content (AvgIpc) is 3.24. The number of hydrogen-bond donors (Lipinski definition) is 0. The fraction of sp³-hybridized carbons (Fsp3) is 0.192. The summed E-state index contributed by atoms with van der Waals surface area (Å²) >= 11 is 8.98. The number of thiophene rings is 1. The van der Waals surface area contributed by atoms with Crippen LogP contribution < -0.4 is 10.3 Å². The van der Waals surface area contributed by atoms with Gasteiger partial charge in [0.15, 0.2) is 5.16 Å². The third kappa shape index (κ3) is 4.82. The van der Waals surface area contributed by atoms with Gasteiger partial charge in [-0.05, 0) is 53.9 Å². The Hall–Kier alpha value is -2.87. The van der Waals surface area contributed by atoms with E-state index in [1.165, 1.54) is 11.3 Å². The number of nitrogens with zero attached hydrogens (tertiary/aromatic N) is 3. The number of pyridine rings is 1. The molecule has 2 aromatic carbocycles. The van der Waals surface area contributed by atoms with Crippen molar-refractivity contribution in [3.05, 3.63) is 93.4 Å². The van der Waals surface area contributed by atoms with Crippen LogP contribution >= 0.6 is 34.7 Å². The standard InChI is InChI=1S/C26H22ClN3O2S2/c1-2-14-32-20-11-7-17(8-12-20)15-30-25(31)23-22(21-4-3-13-28-24(21)34-23)29-26(30)33-16-18-5-9-19(27)10-6-18/h3-13H,2,14-16H2,1H3. The van der Waals surface area contributed by atoms with Crippen LogP contribution in [-0.4, -0.2) is 21.1 Å². The molecule has 0 bridgehead atoms. The maximum Gasteiger partial charge on any atom is 0.272 e. The number of ether oxygens (including phenoxy) is 1. The first-order valence-electron chi connectivity index (χ1n) is 11.0. The van der Waals surface area contributed by atoms with Gasteiger partial charge in [0.25, 0.3) is 5.56 Å². The van der Waals surface area contributed by atoms with Gasteiger partial charge in [-0.25, -0.2) is 9.97 Å². The fourth-order valence-corrected chi connectivity index (χ4v) is 5.72. The zero-order valence-electron chi connectivity index (χ0n) is 18.5. The Morgan fingerprint density at radius 3 is 2.59 bits per heavy atom. The molecule has 0 unspecified atom stereocenters.